The fourth-order valence-electron chi connectivity index (χ4n) is 6.59. The molecule has 4 saturated carbocycles. The summed E-state index contributed by atoms with van der Waals surface area (Å²) in [7, 11) is -5.82. The zero-order chi connectivity index (χ0) is 15.8. The number of fused-ring (bicyclic) bond motifs is 2. The Morgan fingerprint density at radius 2 is 2.09 bits per heavy atom. The van der Waals surface area contributed by atoms with E-state index in [0.717, 1.165) is 12.8 Å². The number of carbonyl (C=O) groups is 1. The van der Waals surface area contributed by atoms with Gasteiger partial charge in [0.05, 0.1) is 12.7 Å². The summed E-state index contributed by atoms with van der Waals surface area (Å²) in [6.45, 7) is 0.568. The first kappa shape index (κ1) is 13.6. The number of esters is 1. The number of alkyl halides is 2. The number of hydrogen-bond donors (Lipinski definition) is 1. The molecule has 122 valence electrons. The van der Waals surface area contributed by atoms with Crippen molar-refractivity contribution >= 4 is 16.1 Å². The molecule has 1 aliphatic heterocycles. The molecule has 0 aromatic carbocycles. The van der Waals surface area contributed by atoms with Gasteiger partial charge in [-0.2, -0.15) is 17.2 Å². The number of carbonyl (C=O) groups excluding carboxylic acids is 1. The van der Waals surface area contributed by atoms with Crippen LogP contribution in [0.5, 0.6) is 0 Å². The summed E-state index contributed by atoms with van der Waals surface area (Å²) in [5.74, 6) is -1.42. The van der Waals surface area contributed by atoms with E-state index in [1.54, 1.807) is 0 Å². The smallest absolute Gasteiger partial charge is 0.453 e. The first-order valence-corrected chi connectivity index (χ1v) is 8.74. The average molecular weight is 336 g/mol. The van der Waals surface area contributed by atoms with Crippen LogP contribution >= 0.6 is 0 Å². The Labute approximate surface area is 124 Å². The Morgan fingerprint density at radius 1 is 1.36 bits per heavy atom. The molecule has 9 heteroatoms. The van der Waals surface area contributed by atoms with E-state index in [1.807, 2.05) is 0 Å². The van der Waals surface area contributed by atoms with Crippen molar-refractivity contribution in [3.63, 3.8) is 0 Å². The highest BCUT2D eigenvalue weighted by Gasteiger charge is 2.94. The van der Waals surface area contributed by atoms with Crippen LogP contribution in [0, 0.1) is 22.7 Å². The van der Waals surface area contributed by atoms with E-state index in [-0.39, 0.29) is 16.9 Å². The van der Waals surface area contributed by atoms with Crippen molar-refractivity contribution in [2.75, 3.05) is 6.61 Å². The molecule has 6 atom stereocenters. The third kappa shape index (κ3) is 1.01. The molecule has 0 radical (unpaired) electrons. The number of ether oxygens (including phenoxy) is 2. The molecular weight excluding hydrogens is 322 g/mol. The molecule has 0 aromatic heterocycles. The summed E-state index contributed by atoms with van der Waals surface area (Å²) >= 11 is 0. The molecular formula is C13H14F2O6S. The van der Waals surface area contributed by atoms with Crippen LogP contribution < -0.4 is 0 Å². The molecule has 1 heterocycles. The average Bonchev–Trinajstić information content (AvgIpc) is 2.78. The number of halogens is 2. The lowest BCUT2D eigenvalue weighted by molar-refractivity contribution is -0.424. The van der Waals surface area contributed by atoms with Crippen molar-refractivity contribution in [3.05, 3.63) is 0 Å². The molecule has 1 N–H and O–H groups in total. The molecule has 6 unspecified atom stereocenters. The summed E-state index contributed by atoms with van der Waals surface area (Å²) in [5, 5.41) is -4.92. The number of hydrogen-bond acceptors (Lipinski definition) is 5. The molecule has 5 aliphatic rings. The van der Waals surface area contributed by atoms with Crippen LogP contribution in [0.3, 0.4) is 0 Å². The van der Waals surface area contributed by atoms with E-state index in [4.69, 9.17) is 14.0 Å². The molecule has 4 aliphatic carbocycles. The van der Waals surface area contributed by atoms with Crippen molar-refractivity contribution in [1.82, 2.24) is 0 Å². The minimum Gasteiger partial charge on any atom is -0.453 e. The van der Waals surface area contributed by atoms with Gasteiger partial charge in [0.1, 0.15) is 5.60 Å². The lowest BCUT2D eigenvalue weighted by atomic mass is 9.28. The Kier molecular flexibility index (Phi) is 1.98. The minimum atomic E-state index is -5.82. The molecule has 1 saturated heterocycles. The highest BCUT2D eigenvalue weighted by molar-refractivity contribution is 7.87. The van der Waals surface area contributed by atoms with Crippen LogP contribution in [0.4, 0.5) is 8.78 Å². The van der Waals surface area contributed by atoms with Gasteiger partial charge in [-0.25, -0.2) is 4.79 Å². The normalized spacial score (nSPS) is 53.7. The second-order valence-electron chi connectivity index (χ2n) is 7.51. The van der Waals surface area contributed by atoms with Gasteiger partial charge in [-0.05, 0) is 37.5 Å². The zero-order valence-corrected chi connectivity index (χ0v) is 12.2. The van der Waals surface area contributed by atoms with Gasteiger partial charge in [-0.1, -0.05) is 0 Å². The van der Waals surface area contributed by atoms with Gasteiger partial charge < -0.3 is 9.47 Å². The lowest BCUT2D eigenvalue weighted by Crippen LogP contribution is -2.86. The SMILES string of the molecule is O=C(OC12CC3CC4CC31C1(COC41)C2)C(F)(F)S(=O)(=O)O. The second kappa shape index (κ2) is 3.21. The third-order valence-electron chi connectivity index (χ3n) is 7.09. The Hall–Kier alpha value is -0.800. The molecule has 2 bridgehead atoms. The van der Waals surface area contributed by atoms with Crippen molar-refractivity contribution in [2.45, 2.75) is 42.6 Å². The molecule has 5 fully saturated rings. The van der Waals surface area contributed by atoms with Crippen molar-refractivity contribution in [1.29, 1.82) is 0 Å². The van der Waals surface area contributed by atoms with Gasteiger partial charge >= 0.3 is 21.3 Å². The summed E-state index contributed by atoms with van der Waals surface area (Å²) in [6, 6.07) is 0. The largest absolute Gasteiger partial charge is 0.465 e. The van der Waals surface area contributed by atoms with Crippen LogP contribution in [0.1, 0.15) is 25.7 Å². The Morgan fingerprint density at radius 3 is 2.68 bits per heavy atom. The van der Waals surface area contributed by atoms with Crippen LogP contribution in [-0.2, 0) is 24.4 Å². The fraction of sp³-hybridized carbons (Fsp3) is 0.923. The van der Waals surface area contributed by atoms with E-state index in [9.17, 15) is 22.0 Å². The highest BCUT2D eigenvalue weighted by Crippen LogP contribution is 2.91. The van der Waals surface area contributed by atoms with E-state index in [0.29, 0.717) is 31.3 Å². The molecule has 6 nitrogen and oxygen atoms in total. The standard InChI is InChI=1S/C13H14F2O6S/c14-13(15,22(17,18)19)9(16)21-11-3-7-1-6-2-12(7,11)10(4-11)5-20-8(6)10/h6-8H,1-5H2,(H,17,18,19). The topological polar surface area (TPSA) is 89.9 Å². The Balaban J connectivity index is 1.46. The summed E-state index contributed by atoms with van der Waals surface area (Å²) in [6.07, 6.45) is 2.86. The van der Waals surface area contributed by atoms with Gasteiger partial charge in [0, 0.05) is 10.8 Å². The minimum absolute atomic E-state index is 0.0630. The summed E-state index contributed by atoms with van der Waals surface area (Å²) < 4.78 is 67.5. The van der Waals surface area contributed by atoms with Crippen LogP contribution in [-0.4, -0.2) is 42.5 Å². The number of rotatable bonds is 3. The quantitative estimate of drug-likeness (QED) is 0.610. The molecule has 2 spiro atoms. The van der Waals surface area contributed by atoms with Crippen LogP contribution in [0.25, 0.3) is 0 Å². The maximum absolute atomic E-state index is 13.5. The van der Waals surface area contributed by atoms with Gasteiger partial charge in [0.15, 0.2) is 0 Å². The predicted octanol–water partition coefficient (Wildman–Crippen LogP) is 0.968. The van der Waals surface area contributed by atoms with Crippen molar-refractivity contribution < 1.29 is 36.0 Å². The fourth-order valence-corrected chi connectivity index (χ4v) is 6.84. The second-order valence-corrected chi connectivity index (χ2v) is 8.98. The monoisotopic (exact) mass is 336 g/mol. The molecule has 22 heavy (non-hydrogen) atoms. The van der Waals surface area contributed by atoms with Crippen LogP contribution in [0.15, 0.2) is 0 Å². The molecule has 0 aromatic rings. The molecule has 0 amide bonds. The van der Waals surface area contributed by atoms with Gasteiger partial charge in [-0.15, -0.1) is 0 Å². The maximum Gasteiger partial charge on any atom is 0.465 e. The first-order chi connectivity index (χ1) is 10.1. The van der Waals surface area contributed by atoms with Crippen molar-refractivity contribution in [3.8, 4) is 0 Å². The van der Waals surface area contributed by atoms with E-state index in [1.165, 1.54) is 0 Å². The van der Waals surface area contributed by atoms with Gasteiger partial charge in [0.2, 0.25) is 0 Å². The zero-order valence-electron chi connectivity index (χ0n) is 11.4. The first-order valence-electron chi connectivity index (χ1n) is 7.30. The highest BCUT2D eigenvalue weighted by atomic mass is 32.2. The molecule has 5 rings (SSSR count). The lowest BCUT2D eigenvalue weighted by Gasteiger charge is -2.81. The van der Waals surface area contributed by atoms with E-state index < -0.39 is 26.9 Å². The van der Waals surface area contributed by atoms with E-state index >= 15 is 0 Å². The summed E-state index contributed by atoms with van der Waals surface area (Å²) in [5.41, 5.74) is -1.36. The Bertz CT molecular complexity index is 722. The van der Waals surface area contributed by atoms with Gasteiger partial charge in [-0.3, -0.25) is 4.55 Å². The summed E-state index contributed by atoms with van der Waals surface area (Å²) in [4.78, 5) is 11.7. The maximum atomic E-state index is 13.5. The third-order valence-corrected chi connectivity index (χ3v) is 7.90. The van der Waals surface area contributed by atoms with Crippen LogP contribution in [0.2, 0.25) is 0 Å². The predicted molar refractivity (Wildman–Crippen MR) is 65.4 cm³/mol. The van der Waals surface area contributed by atoms with Crippen molar-refractivity contribution in [2.24, 2.45) is 22.7 Å². The van der Waals surface area contributed by atoms with E-state index in [2.05, 4.69) is 0 Å². The van der Waals surface area contributed by atoms with Gasteiger partial charge in [0.25, 0.3) is 0 Å².